The highest BCUT2D eigenvalue weighted by molar-refractivity contribution is 5.99. The molecule has 0 spiro atoms. The molecular formula is C23H18N4O6. The van der Waals surface area contributed by atoms with Gasteiger partial charge in [0.1, 0.15) is 17.0 Å². The molecule has 0 aliphatic carbocycles. The van der Waals surface area contributed by atoms with Crippen molar-refractivity contribution in [1.29, 1.82) is 0 Å². The van der Waals surface area contributed by atoms with E-state index in [1.54, 1.807) is 24.4 Å². The predicted molar refractivity (Wildman–Crippen MR) is 119 cm³/mol. The van der Waals surface area contributed by atoms with Crippen LogP contribution in [-0.2, 0) is 19.1 Å². The number of nitrogens with one attached hydrogen (secondary N) is 1. The van der Waals surface area contributed by atoms with Gasteiger partial charge in [-0.3, -0.25) is 0 Å². The van der Waals surface area contributed by atoms with Gasteiger partial charge in [-0.05, 0) is 18.2 Å². The summed E-state index contributed by atoms with van der Waals surface area (Å²) in [6.45, 7) is 0. The Hall–Kier alpha value is -4.73. The predicted octanol–water partition coefficient (Wildman–Crippen LogP) is 2.68. The average Bonchev–Trinajstić information content (AvgIpc) is 3.33. The molecule has 10 nitrogen and oxygen atoms in total. The van der Waals surface area contributed by atoms with E-state index in [0.717, 1.165) is 11.6 Å². The molecule has 2 aromatic heterocycles. The Labute approximate surface area is 187 Å². The quantitative estimate of drug-likeness (QED) is 0.270. The largest absolute Gasteiger partial charge is 0.466 e. The first-order chi connectivity index (χ1) is 16.0. The molecule has 0 aliphatic rings. The van der Waals surface area contributed by atoms with Gasteiger partial charge in [-0.1, -0.05) is 30.3 Å². The summed E-state index contributed by atoms with van der Waals surface area (Å²) in [4.78, 5) is 37.3. The molecular weight excluding hydrogens is 428 g/mol. The van der Waals surface area contributed by atoms with E-state index in [1.165, 1.54) is 25.1 Å². The van der Waals surface area contributed by atoms with E-state index in [0.29, 0.717) is 16.8 Å². The van der Waals surface area contributed by atoms with Crippen molar-refractivity contribution in [1.82, 2.24) is 15.0 Å². The van der Waals surface area contributed by atoms with Crippen LogP contribution in [0.2, 0.25) is 0 Å². The van der Waals surface area contributed by atoms with Crippen LogP contribution in [0.25, 0.3) is 27.9 Å². The monoisotopic (exact) mass is 446 g/mol. The maximum Gasteiger partial charge on any atom is 0.364 e. The van der Waals surface area contributed by atoms with E-state index in [2.05, 4.69) is 25.0 Å². The van der Waals surface area contributed by atoms with E-state index in [9.17, 15) is 14.4 Å². The first-order valence-corrected chi connectivity index (χ1v) is 9.69. The number of benzene rings is 2. The van der Waals surface area contributed by atoms with Gasteiger partial charge in [0.05, 0.1) is 26.5 Å². The van der Waals surface area contributed by atoms with Crippen molar-refractivity contribution in [3.8, 4) is 16.9 Å². The standard InChI is InChI=1S/C23H18N4O6/c1-31-21(28)12-17(22(29)32-2)25-16-9-8-15-10-19(23(30)33-20(15)11-16)27-24-13-18(26-27)14-6-4-3-5-7-14/h3-13,25H,1-2H3/b17-12+. The fraction of sp³-hybridized carbons (Fsp3) is 0.0870. The lowest BCUT2D eigenvalue weighted by molar-refractivity contribution is -0.138. The van der Waals surface area contributed by atoms with Crippen LogP contribution in [-0.4, -0.2) is 41.2 Å². The molecule has 0 saturated carbocycles. The minimum Gasteiger partial charge on any atom is -0.466 e. The van der Waals surface area contributed by atoms with Crippen LogP contribution in [0.4, 0.5) is 5.69 Å². The molecule has 0 fully saturated rings. The van der Waals surface area contributed by atoms with E-state index >= 15 is 0 Å². The Morgan fingerprint density at radius 3 is 2.58 bits per heavy atom. The van der Waals surface area contributed by atoms with Gasteiger partial charge in [0.15, 0.2) is 5.69 Å². The van der Waals surface area contributed by atoms with Gasteiger partial charge in [-0.25, -0.2) is 14.4 Å². The zero-order valence-corrected chi connectivity index (χ0v) is 17.6. The van der Waals surface area contributed by atoms with Crippen molar-refractivity contribution in [2.45, 2.75) is 0 Å². The summed E-state index contributed by atoms with van der Waals surface area (Å²) in [6, 6.07) is 15.9. The highest BCUT2D eigenvalue weighted by Gasteiger charge is 2.15. The van der Waals surface area contributed by atoms with Gasteiger partial charge in [0.25, 0.3) is 0 Å². The molecule has 0 saturated heterocycles. The van der Waals surface area contributed by atoms with Gasteiger partial charge >= 0.3 is 17.6 Å². The molecule has 0 aliphatic heterocycles. The number of nitrogens with zero attached hydrogens (tertiary/aromatic N) is 3. The molecule has 2 heterocycles. The Morgan fingerprint density at radius 2 is 1.85 bits per heavy atom. The van der Waals surface area contributed by atoms with Crippen LogP contribution in [0.15, 0.2) is 81.8 Å². The second kappa shape index (κ2) is 9.18. The van der Waals surface area contributed by atoms with Crippen molar-refractivity contribution >= 4 is 28.6 Å². The Kier molecular flexibility index (Phi) is 5.98. The number of fused-ring (bicyclic) bond motifs is 1. The lowest BCUT2D eigenvalue weighted by atomic mass is 10.2. The molecule has 0 amide bonds. The molecule has 0 atom stereocenters. The number of hydrogen-bond donors (Lipinski definition) is 1. The SMILES string of the molecule is COC(=O)/C=C(/Nc1ccc2cc(-n3ncc(-c4ccccc4)n3)c(=O)oc2c1)C(=O)OC. The highest BCUT2D eigenvalue weighted by atomic mass is 16.5. The third-order valence-corrected chi connectivity index (χ3v) is 4.64. The fourth-order valence-electron chi connectivity index (χ4n) is 3.03. The first kappa shape index (κ1) is 21.5. The molecule has 0 bridgehead atoms. The second-order valence-corrected chi connectivity index (χ2v) is 6.75. The summed E-state index contributed by atoms with van der Waals surface area (Å²) in [5, 5.41) is 11.9. The number of methoxy groups -OCH3 is 2. The van der Waals surface area contributed by atoms with Crippen molar-refractivity contribution in [3.63, 3.8) is 0 Å². The number of esters is 2. The molecule has 4 rings (SSSR count). The van der Waals surface area contributed by atoms with Crippen LogP contribution in [0.5, 0.6) is 0 Å². The molecule has 2 aromatic carbocycles. The third-order valence-electron chi connectivity index (χ3n) is 4.64. The number of anilines is 1. The van der Waals surface area contributed by atoms with Crippen LogP contribution in [0.3, 0.4) is 0 Å². The van der Waals surface area contributed by atoms with Gasteiger partial charge in [0.2, 0.25) is 0 Å². The number of carbonyl (C=O) groups excluding carboxylic acids is 2. The fourth-order valence-corrected chi connectivity index (χ4v) is 3.03. The van der Waals surface area contributed by atoms with Crippen LogP contribution in [0, 0.1) is 0 Å². The van der Waals surface area contributed by atoms with Gasteiger partial charge in [-0.2, -0.15) is 5.10 Å². The maximum absolute atomic E-state index is 12.6. The summed E-state index contributed by atoms with van der Waals surface area (Å²) in [5.74, 6) is -1.50. The third kappa shape index (κ3) is 4.64. The average molecular weight is 446 g/mol. The van der Waals surface area contributed by atoms with Gasteiger partial charge in [-0.15, -0.1) is 9.90 Å². The number of hydrogen-bond acceptors (Lipinski definition) is 9. The second-order valence-electron chi connectivity index (χ2n) is 6.75. The minimum absolute atomic E-state index is 0.142. The van der Waals surface area contributed by atoms with Crippen molar-refractivity contribution in [2.75, 3.05) is 19.5 Å². The summed E-state index contributed by atoms with van der Waals surface area (Å²) in [6.07, 6.45) is 2.52. The number of ether oxygens (including phenoxy) is 2. The zero-order valence-electron chi connectivity index (χ0n) is 17.6. The summed E-state index contributed by atoms with van der Waals surface area (Å²) >= 11 is 0. The first-order valence-electron chi connectivity index (χ1n) is 9.69. The van der Waals surface area contributed by atoms with E-state index < -0.39 is 17.6 Å². The van der Waals surface area contributed by atoms with Crippen LogP contribution >= 0.6 is 0 Å². The molecule has 0 radical (unpaired) electrons. The molecule has 1 N–H and O–H groups in total. The lowest BCUT2D eigenvalue weighted by Crippen LogP contribution is -2.15. The summed E-state index contributed by atoms with van der Waals surface area (Å²) < 4.78 is 14.7. The number of carbonyl (C=O) groups is 2. The Balaban J connectivity index is 1.66. The lowest BCUT2D eigenvalue weighted by Gasteiger charge is -2.10. The summed E-state index contributed by atoms with van der Waals surface area (Å²) in [5.41, 5.74) is 1.48. The van der Waals surface area contributed by atoms with Crippen molar-refractivity contribution < 1.29 is 23.5 Å². The van der Waals surface area contributed by atoms with E-state index in [-0.39, 0.29) is 17.0 Å². The van der Waals surface area contributed by atoms with Crippen LogP contribution < -0.4 is 10.9 Å². The molecule has 4 aromatic rings. The van der Waals surface area contributed by atoms with Crippen molar-refractivity contribution in [2.24, 2.45) is 0 Å². The number of rotatable bonds is 6. The van der Waals surface area contributed by atoms with Crippen molar-refractivity contribution in [3.05, 3.63) is 83.0 Å². The van der Waals surface area contributed by atoms with E-state index in [4.69, 9.17) is 4.42 Å². The molecule has 33 heavy (non-hydrogen) atoms. The Morgan fingerprint density at radius 1 is 1.06 bits per heavy atom. The molecule has 166 valence electrons. The van der Waals surface area contributed by atoms with Crippen LogP contribution in [0.1, 0.15) is 0 Å². The normalized spacial score (nSPS) is 11.3. The smallest absolute Gasteiger partial charge is 0.364 e. The zero-order chi connectivity index (χ0) is 23.4. The topological polar surface area (TPSA) is 126 Å². The number of aromatic nitrogens is 3. The Bertz CT molecular complexity index is 1420. The maximum atomic E-state index is 12.6. The molecule has 0 unspecified atom stereocenters. The van der Waals surface area contributed by atoms with Gasteiger partial charge in [0, 0.05) is 22.7 Å². The van der Waals surface area contributed by atoms with E-state index in [1.807, 2.05) is 30.3 Å². The molecule has 10 heteroatoms. The summed E-state index contributed by atoms with van der Waals surface area (Å²) in [7, 11) is 2.37. The highest BCUT2D eigenvalue weighted by Crippen LogP contribution is 2.22. The minimum atomic E-state index is -0.767. The van der Waals surface area contributed by atoms with Gasteiger partial charge < -0.3 is 19.2 Å².